The molecule has 3 rings (SSSR count). The van der Waals surface area contributed by atoms with E-state index < -0.39 is 12.2 Å². The highest BCUT2D eigenvalue weighted by molar-refractivity contribution is 6.30. The van der Waals surface area contributed by atoms with Crippen LogP contribution in [0.2, 0.25) is 5.02 Å². The molecule has 2 atom stereocenters. The minimum Gasteiger partial charge on any atom is -0.436 e. The minimum atomic E-state index is -0.852. The lowest BCUT2D eigenvalue weighted by Gasteiger charge is -2.41. The van der Waals surface area contributed by atoms with Gasteiger partial charge < -0.3 is 14.5 Å². The van der Waals surface area contributed by atoms with Crippen LogP contribution in [-0.2, 0) is 14.3 Å². The molecule has 0 radical (unpaired) electrons. The topological polar surface area (TPSA) is 79.0 Å². The number of likely N-dealkylation sites (tertiary alicyclic amines) is 2. The van der Waals surface area contributed by atoms with Crippen molar-refractivity contribution in [2.45, 2.75) is 65.4 Å². The standard InChI is InChI=1S/C26H38ClN3O4/c1-4-6-18(2)24(31)29-13-9-20(10-14-29)21-11-15-30(16-12-21)25(32)19(3)34-26(33)28-23-8-5-7-22(27)17-23/h5,7-8,17-21H,4,6,9-16H2,1-3H3,(H,28,33). The van der Waals surface area contributed by atoms with E-state index in [4.69, 9.17) is 16.3 Å². The fraction of sp³-hybridized carbons (Fsp3) is 0.654. The number of piperidine rings is 2. The predicted molar refractivity (Wildman–Crippen MR) is 134 cm³/mol. The Morgan fingerprint density at radius 3 is 2.09 bits per heavy atom. The summed E-state index contributed by atoms with van der Waals surface area (Å²) in [6.07, 6.45) is 4.48. The van der Waals surface area contributed by atoms with Crippen molar-refractivity contribution < 1.29 is 19.1 Å². The molecule has 2 heterocycles. The van der Waals surface area contributed by atoms with Crippen LogP contribution in [0.15, 0.2) is 24.3 Å². The molecule has 0 aromatic heterocycles. The number of hydrogen-bond donors (Lipinski definition) is 1. The van der Waals surface area contributed by atoms with E-state index in [0.717, 1.165) is 51.6 Å². The van der Waals surface area contributed by atoms with Gasteiger partial charge in [0, 0.05) is 42.8 Å². The number of rotatable bonds is 7. The van der Waals surface area contributed by atoms with Crippen molar-refractivity contribution in [1.82, 2.24) is 9.80 Å². The molecule has 7 nitrogen and oxygen atoms in total. The van der Waals surface area contributed by atoms with E-state index in [1.165, 1.54) is 0 Å². The summed E-state index contributed by atoms with van der Waals surface area (Å²) < 4.78 is 5.30. The summed E-state index contributed by atoms with van der Waals surface area (Å²) in [5.41, 5.74) is 0.519. The molecule has 0 saturated carbocycles. The Balaban J connectivity index is 1.40. The number of benzene rings is 1. The van der Waals surface area contributed by atoms with Gasteiger partial charge in [-0.05, 0) is 69.1 Å². The quantitative estimate of drug-likeness (QED) is 0.569. The number of halogens is 1. The Morgan fingerprint density at radius 2 is 1.56 bits per heavy atom. The van der Waals surface area contributed by atoms with Crippen molar-refractivity contribution in [2.75, 3.05) is 31.5 Å². The first-order chi connectivity index (χ1) is 16.3. The molecule has 34 heavy (non-hydrogen) atoms. The zero-order valence-electron chi connectivity index (χ0n) is 20.6. The lowest BCUT2D eigenvalue weighted by atomic mass is 9.78. The Morgan fingerprint density at radius 1 is 1.00 bits per heavy atom. The minimum absolute atomic E-state index is 0.118. The van der Waals surface area contributed by atoms with Crippen LogP contribution in [0.5, 0.6) is 0 Å². The normalized spacial score (nSPS) is 19.4. The highest BCUT2D eigenvalue weighted by Gasteiger charge is 2.34. The molecular weight excluding hydrogens is 454 g/mol. The molecule has 3 amide bonds. The van der Waals surface area contributed by atoms with Gasteiger partial charge in [-0.2, -0.15) is 0 Å². The van der Waals surface area contributed by atoms with Gasteiger partial charge in [0.1, 0.15) is 0 Å². The summed E-state index contributed by atoms with van der Waals surface area (Å²) in [6, 6.07) is 6.76. The maximum atomic E-state index is 12.8. The fourth-order valence-corrected chi connectivity index (χ4v) is 5.42. The summed E-state index contributed by atoms with van der Waals surface area (Å²) >= 11 is 5.93. The number of ether oxygens (including phenoxy) is 1. The summed E-state index contributed by atoms with van der Waals surface area (Å²) in [7, 11) is 0. The van der Waals surface area contributed by atoms with Crippen LogP contribution >= 0.6 is 11.6 Å². The van der Waals surface area contributed by atoms with Gasteiger partial charge >= 0.3 is 6.09 Å². The molecule has 0 spiro atoms. The van der Waals surface area contributed by atoms with Gasteiger partial charge in [0.25, 0.3) is 5.91 Å². The number of carbonyl (C=O) groups is 3. The zero-order chi connectivity index (χ0) is 24.7. The molecule has 2 aliphatic rings. The molecule has 8 heteroatoms. The average molecular weight is 492 g/mol. The molecule has 2 aliphatic heterocycles. The van der Waals surface area contributed by atoms with Crippen LogP contribution in [0.4, 0.5) is 10.5 Å². The summed E-state index contributed by atoms with van der Waals surface area (Å²) in [4.78, 5) is 41.4. The molecule has 1 aromatic rings. The maximum absolute atomic E-state index is 12.8. The lowest BCUT2D eigenvalue weighted by Crippen LogP contribution is -2.47. The van der Waals surface area contributed by atoms with Crippen molar-refractivity contribution in [3.63, 3.8) is 0 Å². The first-order valence-corrected chi connectivity index (χ1v) is 13.0. The largest absolute Gasteiger partial charge is 0.436 e. The van der Waals surface area contributed by atoms with Gasteiger partial charge in [0.15, 0.2) is 6.10 Å². The van der Waals surface area contributed by atoms with E-state index in [2.05, 4.69) is 12.2 Å². The van der Waals surface area contributed by atoms with Crippen LogP contribution in [0.1, 0.15) is 59.3 Å². The molecule has 1 aromatic carbocycles. The van der Waals surface area contributed by atoms with E-state index in [1.807, 2.05) is 11.8 Å². The summed E-state index contributed by atoms with van der Waals surface area (Å²) in [6.45, 7) is 8.83. The third-order valence-electron chi connectivity index (χ3n) is 7.22. The van der Waals surface area contributed by atoms with Crippen molar-refractivity contribution in [2.24, 2.45) is 17.8 Å². The van der Waals surface area contributed by atoms with Gasteiger partial charge in [0.2, 0.25) is 5.91 Å². The van der Waals surface area contributed by atoms with E-state index in [9.17, 15) is 14.4 Å². The van der Waals surface area contributed by atoms with E-state index in [-0.39, 0.29) is 11.8 Å². The Labute approximate surface area is 208 Å². The van der Waals surface area contributed by atoms with Gasteiger partial charge in [0.05, 0.1) is 0 Å². The van der Waals surface area contributed by atoms with Crippen LogP contribution in [0.25, 0.3) is 0 Å². The fourth-order valence-electron chi connectivity index (χ4n) is 5.23. The first kappa shape index (κ1) is 26.3. The molecule has 2 unspecified atom stereocenters. The molecule has 2 saturated heterocycles. The summed E-state index contributed by atoms with van der Waals surface area (Å²) in [5, 5.41) is 3.11. The molecule has 0 bridgehead atoms. The third-order valence-corrected chi connectivity index (χ3v) is 7.45. The molecular formula is C26H38ClN3O4. The molecule has 2 fully saturated rings. The van der Waals surface area contributed by atoms with E-state index >= 15 is 0 Å². The second-order valence-corrected chi connectivity index (χ2v) is 10.1. The number of hydrogen-bond acceptors (Lipinski definition) is 4. The van der Waals surface area contributed by atoms with Crippen LogP contribution in [-0.4, -0.2) is 60.0 Å². The molecule has 0 aliphatic carbocycles. The molecule has 1 N–H and O–H groups in total. The maximum Gasteiger partial charge on any atom is 0.412 e. The van der Waals surface area contributed by atoms with Crippen LogP contribution in [0, 0.1) is 17.8 Å². The van der Waals surface area contributed by atoms with E-state index in [0.29, 0.717) is 41.5 Å². The van der Waals surface area contributed by atoms with Gasteiger partial charge in [-0.25, -0.2) is 4.79 Å². The first-order valence-electron chi connectivity index (χ1n) is 12.6. The Bertz CT molecular complexity index is 848. The Hall–Kier alpha value is -2.28. The second-order valence-electron chi connectivity index (χ2n) is 9.70. The van der Waals surface area contributed by atoms with Crippen molar-refractivity contribution in [3.05, 3.63) is 29.3 Å². The van der Waals surface area contributed by atoms with Crippen molar-refractivity contribution in [1.29, 1.82) is 0 Å². The number of amides is 3. The Kier molecular flexibility index (Phi) is 9.63. The SMILES string of the molecule is CCCC(C)C(=O)N1CCC(C2CCN(C(=O)C(C)OC(=O)Nc3cccc(Cl)c3)CC2)CC1. The smallest absolute Gasteiger partial charge is 0.412 e. The van der Waals surface area contributed by atoms with Crippen LogP contribution < -0.4 is 5.32 Å². The predicted octanol–water partition coefficient (Wildman–Crippen LogP) is 5.19. The zero-order valence-corrected chi connectivity index (χ0v) is 21.4. The van der Waals surface area contributed by atoms with Crippen molar-refractivity contribution >= 4 is 35.2 Å². The number of carbonyl (C=O) groups excluding carboxylic acids is 3. The van der Waals surface area contributed by atoms with Crippen molar-refractivity contribution in [3.8, 4) is 0 Å². The van der Waals surface area contributed by atoms with Gasteiger partial charge in [-0.1, -0.05) is 37.9 Å². The average Bonchev–Trinajstić information content (AvgIpc) is 2.83. The van der Waals surface area contributed by atoms with Gasteiger partial charge in [-0.3, -0.25) is 14.9 Å². The molecule has 188 valence electrons. The van der Waals surface area contributed by atoms with E-state index in [1.54, 1.807) is 36.1 Å². The second kappa shape index (κ2) is 12.4. The van der Waals surface area contributed by atoms with Crippen LogP contribution in [0.3, 0.4) is 0 Å². The lowest BCUT2D eigenvalue weighted by molar-refractivity contribution is -0.141. The number of nitrogens with one attached hydrogen (secondary N) is 1. The number of anilines is 1. The van der Waals surface area contributed by atoms with Gasteiger partial charge in [-0.15, -0.1) is 0 Å². The number of nitrogens with zero attached hydrogens (tertiary/aromatic N) is 2. The highest BCUT2D eigenvalue weighted by Crippen LogP contribution is 2.33. The summed E-state index contributed by atoms with van der Waals surface area (Å²) in [5.74, 6) is 1.45. The highest BCUT2D eigenvalue weighted by atomic mass is 35.5. The third kappa shape index (κ3) is 7.11. The monoisotopic (exact) mass is 491 g/mol.